The van der Waals surface area contributed by atoms with Gasteiger partial charge in [0.2, 0.25) is 0 Å². The molecule has 0 aliphatic heterocycles. The summed E-state index contributed by atoms with van der Waals surface area (Å²) in [6.07, 6.45) is 8.78. The maximum Gasteiger partial charge on any atom is 0.188 e. The van der Waals surface area contributed by atoms with Crippen LogP contribution in [0.15, 0.2) is 4.99 Å². The monoisotopic (exact) mass is 249 g/mol. The molecule has 3 N–H and O–H groups in total. The van der Waals surface area contributed by atoms with Crippen LogP contribution in [-0.2, 0) is 0 Å². The van der Waals surface area contributed by atoms with Crippen molar-refractivity contribution in [3.05, 3.63) is 0 Å². The zero-order chi connectivity index (χ0) is 12.8. The van der Waals surface area contributed by atoms with Crippen molar-refractivity contribution in [3.63, 3.8) is 0 Å². The fourth-order valence-electron chi connectivity index (χ4n) is 5.30. The molecule has 18 heavy (non-hydrogen) atoms. The van der Waals surface area contributed by atoms with Gasteiger partial charge in [0.05, 0.1) is 0 Å². The Morgan fingerprint density at radius 1 is 1.22 bits per heavy atom. The minimum absolute atomic E-state index is 0.487. The van der Waals surface area contributed by atoms with Gasteiger partial charge in [-0.1, -0.05) is 0 Å². The SMILES string of the molecule is CCN=C(N)NC(C)C12CC3CC(CC(C3)C1)C2. The number of hydrogen-bond donors (Lipinski definition) is 2. The van der Waals surface area contributed by atoms with Gasteiger partial charge >= 0.3 is 0 Å². The standard InChI is InChI=1S/C15H27N3/c1-3-17-14(16)18-10(2)15-7-11-4-12(8-15)6-13(5-11)9-15/h10-13H,3-9H2,1-2H3,(H3,16,17,18). The second kappa shape index (κ2) is 4.43. The van der Waals surface area contributed by atoms with Gasteiger partial charge in [-0.25, -0.2) is 0 Å². The van der Waals surface area contributed by atoms with E-state index in [0.717, 1.165) is 24.3 Å². The number of hydrogen-bond acceptors (Lipinski definition) is 1. The van der Waals surface area contributed by atoms with Gasteiger partial charge in [-0.15, -0.1) is 0 Å². The lowest BCUT2D eigenvalue weighted by Gasteiger charge is -2.59. The zero-order valence-corrected chi connectivity index (χ0v) is 11.8. The molecule has 4 aliphatic rings. The predicted octanol–water partition coefficient (Wildman–Crippen LogP) is 2.52. The van der Waals surface area contributed by atoms with Gasteiger partial charge in [-0.2, -0.15) is 0 Å². The third-order valence-corrected chi connectivity index (χ3v) is 5.70. The second-order valence-electron chi connectivity index (χ2n) is 7.01. The number of nitrogens with zero attached hydrogens (tertiary/aromatic N) is 1. The van der Waals surface area contributed by atoms with Gasteiger partial charge in [-0.3, -0.25) is 4.99 Å². The summed E-state index contributed by atoms with van der Waals surface area (Å²) in [5, 5.41) is 3.47. The maximum absolute atomic E-state index is 5.94. The van der Waals surface area contributed by atoms with Crippen molar-refractivity contribution in [1.82, 2.24) is 5.32 Å². The lowest BCUT2D eigenvalue weighted by Crippen LogP contribution is -2.56. The van der Waals surface area contributed by atoms with Crippen molar-refractivity contribution in [3.8, 4) is 0 Å². The van der Waals surface area contributed by atoms with Crippen molar-refractivity contribution >= 4 is 5.96 Å². The van der Waals surface area contributed by atoms with Crippen LogP contribution in [0.2, 0.25) is 0 Å². The maximum atomic E-state index is 5.94. The van der Waals surface area contributed by atoms with Crippen molar-refractivity contribution in [2.24, 2.45) is 33.9 Å². The molecule has 4 rings (SSSR count). The Bertz CT molecular complexity index is 312. The summed E-state index contributed by atoms with van der Waals surface area (Å²) < 4.78 is 0. The largest absolute Gasteiger partial charge is 0.370 e. The highest BCUT2D eigenvalue weighted by Crippen LogP contribution is 2.61. The first-order valence-corrected chi connectivity index (χ1v) is 7.68. The van der Waals surface area contributed by atoms with Gasteiger partial charge < -0.3 is 11.1 Å². The second-order valence-corrected chi connectivity index (χ2v) is 7.01. The Balaban J connectivity index is 1.73. The molecule has 3 nitrogen and oxygen atoms in total. The summed E-state index contributed by atoms with van der Waals surface area (Å²) in [6.45, 7) is 5.13. The minimum Gasteiger partial charge on any atom is -0.370 e. The summed E-state index contributed by atoms with van der Waals surface area (Å²) in [5.41, 5.74) is 6.46. The van der Waals surface area contributed by atoms with Crippen LogP contribution >= 0.6 is 0 Å². The van der Waals surface area contributed by atoms with Crippen molar-refractivity contribution < 1.29 is 0 Å². The molecule has 1 atom stereocenters. The molecule has 1 unspecified atom stereocenters. The third kappa shape index (κ3) is 2.02. The first-order valence-electron chi connectivity index (χ1n) is 7.68. The molecule has 4 bridgehead atoms. The smallest absolute Gasteiger partial charge is 0.188 e. The van der Waals surface area contributed by atoms with Crippen LogP contribution in [0, 0.1) is 23.2 Å². The van der Waals surface area contributed by atoms with E-state index in [2.05, 4.69) is 17.2 Å². The Kier molecular flexibility index (Phi) is 3.03. The normalized spacial score (nSPS) is 44.1. The van der Waals surface area contributed by atoms with Crippen molar-refractivity contribution in [1.29, 1.82) is 0 Å². The Hall–Kier alpha value is -0.730. The highest BCUT2D eigenvalue weighted by Gasteiger charge is 2.53. The van der Waals surface area contributed by atoms with Gasteiger partial charge in [-0.05, 0) is 75.5 Å². The first kappa shape index (κ1) is 12.3. The summed E-state index contributed by atoms with van der Waals surface area (Å²) in [5.74, 6) is 3.65. The van der Waals surface area contributed by atoms with Gasteiger partial charge in [0.1, 0.15) is 0 Å². The molecular formula is C15H27N3. The van der Waals surface area contributed by atoms with E-state index in [0.29, 0.717) is 17.4 Å². The Labute approximate surface area is 111 Å². The van der Waals surface area contributed by atoms with E-state index >= 15 is 0 Å². The van der Waals surface area contributed by atoms with Gasteiger partial charge in [0, 0.05) is 12.6 Å². The molecule has 0 radical (unpaired) electrons. The fourth-order valence-corrected chi connectivity index (χ4v) is 5.30. The molecule has 0 saturated heterocycles. The van der Waals surface area contributed by atoms with E-state index < -0.39 is 0 Å². The van der Waals surface area contributed by atoms with Crippen LogP contribution in [0.5, 0.6) is 0 Å². The molecule has 4 fully saturated rings. The van der Waals surface area contributed by atoms with Crippen LogP contribution in [0.1, 0.15) is 52.4 Å². The Morgan fingerprint density at radius 3 is 2.17 bits per heavy atom. The number of nitrogens with two attached hydrogens (primary N) is 1. The van der Waals surface area contributed by atoms with Crippen LogP contribution in [0.25, 0.3) is 0 Å². The molecule has 3 heteroatoms. The molecule has 0 heterocycles. The van der Waals surface area contributed by atoms with Crippen LogP contribution in [-0.4, -0.2) is 18.5 Å². The van der Waals surface area contributed by atoms with Crippen LogP contribution < -0.4 is 11.1 Å². The number of rotatable bonds is 3. The zero-order valence-electron chi connectivity index (χ0n) is 11.8. The average molecular weight is 249 g/mol. The Morgan fingerprint density at radius 2 is 1.72 bits per heavy atom. The summed E-state index contributed by atoms with van der Waals surface area (Å²) in [4.78, 5) is 4.28. The van der Waals surface area contributed by atoms with Crippen molar-refractivity contribution in [2.75, 3.05) is 6.54 Å². The molecule has 0 aromatic carbocycles. The topological polar surface area (TPSA) is 50.4 Å². The van der Waals surface area contributed by atoms with E-state index in [1.165, 1.54) is 38.5 Å². The lowest BCUT2D eigenvalue weighted by atomic mass is 9.48. The molecule has 102 valence electrons. The number of aliphatic imine (C=N–C) groups is 1. The van der Waals surface area contributed by atoms with E-state index in [1.54, 1.807) is 0 Å². The number of guanidine groups is 1. The third-order valence-electron chi connectivity index (χ3n) is 5.70. The fraction of sp³-hybridized carbons (Fsp3) is 0.933. The molecule has 0 aromatic rings. The predicted molar refractivity (Wildman–Crippen MR) is 75.4 cm³/mol. The molecule has 0 aromatic heterocycles. The lowest BCUT2D eigenvalue weighted by molar-refractivity contribution is -0.0673. The van der Waals surface area contributed by atoms with Crippen LogP contribution in [0.4, 0.5) is 0 Å². The summed E-state index contributed by atoms with van der Waals surface area (Å²) in [6, 6.07) is 0.487. The minimum atomic E-state index is 0.487. The summed E-state index contributed by atoms with van der Waals surface area (Å²) in [7, 11) is 0. The van der Waals surface area contributed by atoms with Crippen molar-refractivity contribution in [2.45, 2.75) is 58.4 Å². The van der Waals surface area contributed by atoms with Crippen LogP contribution in [0.3, 0.4) is 0 Å². The molecule has 0 spiro atoms. The highest BCUT2D eigenvalue weighted by molar-refractivity contribution is 5.78. The van der Waals surface area contributed by atoms with Gasteiger partial charge in [0.25, 0.3) is 0 Å². The van der Waals surface area contributed by atoms with E-state index in [4.69, 9.17) is 5.73 Å². The molecular weight excluding hydrogens is 222 g/mol. The quantitative estimate of drug-likeness (QED) is 0.596. The average Bonchev–Trinajstić information content (AvgIpc) is 2.27. The highest BCUT2D eigenvalue weighted by atomic mass is 15.1. The van der Waals surface area contributed by atoms with E-state index in [9.17, 15) is 0 Å². The van der Waals surface area contributed by atoms with E-state index in [1.807, 2.05) is 6.92 Å². The first-order chi connectivity index (χ1) is 8.61. The van der Waals surface area contributed by atoms with Gasteiger partial charge in [0.15, 0.2) is 5.96 Å². The molecule has 4 aliphatic carbocycles. The summed E-state index contributed by atoms with van der Waals surface area (Å²) >= 11 is 0. The molecule has 0 amide bonds. The number of nitrogens with one attached hydrogen (secondary N) is 1. The van der Waals surface area contributed by atoms with E-state index in [-0.39, 0.29) is 0 Å². The molecule has 4 saturated carbocycles.